The molecule has 2 aromatic carbocycles. The van der Waals surface area contributed by atoms with E-state index in [0.717, 1.165) is 30.2 Å². The number of nitrogens with one attached hydrogen (secondary N) is 2. The minimum absolute atomic E-state index is 0.166. The lowest BCUT2D eigenvalue weighted by molar-refractivity contribution is -0.153. The maximum Gasteiger partial charge on any atom is 0.311 e. The van der Waals surface area contributed by atoms with Crippen LogP contribution >= 0.6 is 0 Å². The summed E-state index contributed by atoms with van der Waals surface area (Å²) in [6.07, 6.45) is 2.73. The topological polar surface area (TPSA) is 101 Å². The number of hydrogen-bond acceptors (Lipinski definition) is 5. The Balaban J connectivity index is 1.83. The fourth-order valence-corrected chi connectivity index (χ4v) is 4.91. The number of methoxy groups -OCH3 is 1. The molecular formula is C28H33N3O5. The third-order valence-corrected chi connectivity index (χ3v) is 6.86. The van der Waals surface area contributed by atoms with Crippen molar-refractivity contribution >= 4 is 34.4 Å². The number of unbranched alkanes of at least 4 members (excludes halogenated alkanes) is 2. The van der Waals surface area contributed by atoms with E-state index in [0.29, 0.717) is 29.2 Å². The van der Waals surface area contributed by atoms with Crippen molar-refractivity contribution in [2.45, 2.75) is 45.6 Å². The predicted octanol–water partition coefficient (Wildman–Crippen LogP) is 4.54. The highest BCUT2D eigenvalue weighted by Gasteiger charge is 2.58. The molecule has 190 valence electrons. The molecule has 2 N–H and O–H groups in total. The molecule has 8 heteroatoms. The summed E-state index contributed by atoms with van der Waals surface area (Å²) < 4.78 is 10.8. The molecule has 0 fully saturated rings. The molecule has 2 atom stereocenters. The summed E-state index contributed by atoms with van der Waals surface area (Å²) in [5.74, 6) is -1.77. The first-order valence-corrected chi connectivity index (χ1v) is 12.4. The number of anilines is 1. The average molecular weight is 492 g/mol. The van der Waals surface area contributed by atoms with Gasteiger partial charge in [0.05, 0.1) is 25.3 Å². The fourth-order valence-electron chi connectivity index (χ4n) is 4.91. The number of benzene rings is 2. The highest BCUT2D eigenvalue weighted by atomic mass is 16.5. The Hall–Kier alpha value is -3.81. The second-order valence-electron chi connectivity index (χ2n) is 9.05. The number of nitrogens with zero attached hydrogens (tertiary/aromatic N) is 1. The molecule has 2 heterocycles. The predicted molar refractivity (Wildman–Crippen MR) is 138 cm³/mol. The zero-order valence-corrected chi connectivity index (χ0v) is 21.2. The van der Waals surface area contributed by atoms with Gasteiger partial charge >= 0.3 is 5.97 Å². The highest BCUT2D eigenvalue weighted by Crippen LogP contribution is 2.47. The summed E-state index contributed by atoms with van der Waals surface area (Å²) in [5, 5.41) is 3.84. The van der Waals surface area contributed by atoms with Crippen LogP contribution in [0.1, 0.15) is 56.1 Å². The average Bonchev–Trinajstić information content (AvgIpc) is 3.42. The van der Waals surface area contributed by atoms with Gasteiger partial charge in [-0.3, -0.25) is 14.4 Å². The van der Waals surface area contributed by atoms with Crippen molar-refractivity contribution in [3.63, 3.8) is 0 Å². The van der Waals surface area contributed by atoms with Gasteiger partial charge in [0.2, 0.25) is 0 Å². The third kappa shape index (κ3) is 4.32. The van der Waals surface area contributed by atoms with Gasteiger partial charge in [-0.05, 0) is 38.5 Å². The Morgan fingerprint density at radius 1 is 1.11 bits per heavy atom. The Morgan fingerprint density at radius 3 is 2.58 bits per heavy atom. The van der Waals surface area contributed by atoms with E-state index in [2.05, 4.69) is 17.2 Å². The van der Waals surface area contributed by atoms with Gasteiger partial charge < -0.3 is 24.7 Å². The Labute approximate surface area is 211 Å². The zero-order valence-electron chi connectivity index (χ0n) is 21.2. The monoisotopic (exact) mass is 491 g/mol. The summed E-state index contributed by atoms with van der Waals surface area (Å²) in [6, 6.07) is 14.6. The summed E-state index contributed by atoms with van der Waals surface area (Å²) >= 11 is 0. The van der Waals surface area contributed by atoms with Crippen LogP contribution in [0.25, 0.3) is 10.9 Å². The van der Waals surface area contributed by atoms with E-state index in [4.69, 9.17) is 9.47 Å². The molecule has 1 aliphatic heterocycles. The number of hydrogen-bond donors (Lipinski definition) is 2. The van der Waals surface area contributed by atoms with Crippen LogP contribution in [0.3, 0.4) is 0 Å². The molecule has 0 spiro atoms. The van der Waals surface area contributed by atoms with Crippen molar-refractivity contribution in [2.75, 3.05) is 25.2 Å². The first-order valence-electron chi connectivity index (χ1n) is 12.4. The molecule has 0 radical (unpaired) electrons. The van der Waals surface area contributed by atoms with Gasteiger partial charge in [0.25, 0.3) is 11.8 Å². The lowest BCUT2D eigenvalue weighted by atomic mass is 9.79. The number of amides is 2. The number of esters is 1. The Bertz CT molecular complexity index is 1250. The number of H-pyrrole nitrogens is 1. The lowest BCUT2D eigenvalue weighted by Gasteiger charge is -2.34. The van der Waals surface area contributed by atoms with Crippen LogP contribution in [0.5, 0.6) is 5.75 Å². The number of aromatic nitrogens is 1. The van der Waals surface area contributed by atoms with E-state index in [9.17, 15) is 14.4 Å². The minimum Gasteiger partial charge on any atom is -0.497 e. The Kier molecular flexibility index (Phi) is 7.33. The number of carbonyl (C=O) groups is 3. The van der Waals surface area contributed by atoms with Gasteiger partial charge in [0, 0.05) is 29.1 Å². The molecule has 2 unspecified atom stereocenters. The molecule has 1 aliphatic rings. The highest BCUT2D eigenvalue weighted by molar-refractivity contribution is 6.13. The van der Waals surface area contributed by atoms with Crippen LogP contribution in [0, 0.1) is 5.92 Å². The number of carbonyl (C=O) groups excluding carboxylic acids is 3. The van der Waals surface area contributed by atoms with Crippen LogP contribution in [0.15, 0.2) is 48.5 Å². The lowest BCUT2D eigenvalue weighted by Crippen LogP contribution is -2.59. The van der Waals surface area contributed by atoms with Crippen molar-refractivity contribution in [1.29, 1.82) is 0 Å². The smallest absolute Gasteiger partial charge is 0.311 e. The molecule has 3 aromatic rings. The van der Waals surface area contributed by atoms with Gasteiger partial charge in [-0.15, -0.1) is 0 Å². The van der Waals surface area contributed by atoms with Crippen molar-refractivity contribution in [3.05, 3.63) is 59.8 Å². The SMILES string of the molecule is CCCCCN1C(=O)C(NC(=O)c2cc3ccccc3[nH]2)(C(C)C(=O)OCC)c2ccc(OC)cc21. The molecule has 2 amide bonds. The molecule has 0 saturated heterocycles. The molecule has 0 bridgehead atoms. The third-order valence-electron chi connectivity index (χ3n) is 6.86. The quantitative estimate of drug-likeness (QED) is 0.320. The first kappa shape index (κ1) is 25.3. The fraction of sp³-hybridized carbons (Fsp3) is 0.393. The van der Waals surface area contributed by atoms with Crippen molar-refractivity contribution in [1.82, 2.24) is 10.3 Å². The van der Waals surface area contributed by atoms with E-state index in [1.54, 1.807) is 50.1 Å². The maximum absolute atomic E-state index is 14.2. The van der Waals surface area contributed by atoms with E-state index in [-0.39, 0.29) is 12.5 Å². The van der Waals surface area contributed by atoms with E-state index in [1.165, 1.54) is 0 Å². The molecule has 4 rings (SSSR count). The van der Waals surface area contributed by atoms with Crippen molar-refractivity contribution in [2.24, 2.45) is 5.92 Å². The first-order chi connectivity index (χ1) is 17.4. The van der Waals surface area contributed by atoms with Crippen LogP contribution in [0.2, 0.25) is 0 Å². The zero-order chi connectivity index (χ0) is 25.9. The van der Waals surface area contributed by atoms with Crippen molar-refractivity contribution in [3.8, 4) is 5.75 Å². The summed E-state index contributed by atoms with van der Waals surface area (Å²) in [4.78, 5) is 45.7. The molecular weight excluding hydrogens is 458 g/mol. The summed E-state index contributed by atoms with van der Waals surface area (Å²) in [7, 11) is 1.56. The van der Waals surface area contributed by atoms with Crippen molar-refractivity contribution < 1.29 is 23.9 Å². The van der Waals surface area contributed by atoms with Gasteiger partial charge in [-0.2, -0.15) is 0 Å². The summed E-state index contributed by atoms with van der Waals surface area (Å²) in [6.45, 7) is 6.07. The van der Waals surface area contributed by atoms with Gasteiger partial charge in [0.15, 0.2) is 5.54 Å². The van der Waals surface area contributed by atoms with Gasteiger partial charge in [0.1, 0.15) is 11.4 Å². The molecule has 1 aromatic heterocycles. The van der Waals surface area contributed by atoms with Crippen LogP contribution in [-0.2, 0) is 19.9 Å². The van der Waals surface area contributed by atoms with Crippen LogP contribution < -0.4 is 15.0 Å². The molecule has 0 aliphatic carbocycles. The van der Waals surface area contributed by atoms with E-state index >= 15 is 0 Å². The van der Waals surface area contributed by atoms with E-state index < -0.39 is 23.3 Å². The number of rotatable bonds is 10. The standard InChI is InChI=1S/C28H33N3O5/c1-5-7-10-15-31-24-17-20(35-4)13-14-21(24)28(27(31)34,18(3)26(33)36-6-2)30-25(32)23-16-19-11-8-9-12-22(19)29-23/h8-9,11-14,16-18,29H,5-7,10,15H2,1-4H3,(H,30,32). The molecule has 0 saturated carbocycles. The summed E-state index contributed by atoms with van der Waals surface area (Å²) in [5.41, 5.74) is 0.658. The van der Waals surface area contributed by atoms with Crippen LogP contribution in [-0.4, -0.2) is 43.0 Å². The second-order valence-corrected chi connectivity index (χ2v) is 9.05. The van der Waals surface area contributed by atoms with Gasteiger partial charge in [-0.1, -0.05) is 44.0 Å². The maximum atomic E-state index is 14.2. The molecule has 8 nitrogen and oxygen atoms in total. The van der Waals surface area contributed by atoms with E-state index in [1.807, 2.05) is 24.3 Å². The second kappa shape index (κ2) is 10.4. The number of para-hydroxylation sites is 1. The normalized spacial score (nSPS) is 17.7. The number of ether oxygens (including phenoxy) is 2. The minimum atomic E-state index is -1.63. The van der Waals surface area contributed by atoms with Gasteiger partial charge in [-0.25, -0.2) is 0 Å². The molecule has 36 heavy (non-hydrogen) atoms. The number of fused-ring (bicyclic) bond motifs is 2. The number of aromatic amines is 1. The van der Waals surface area contributed by atoms with Crippen LogP contribution in [0.4, 0.5) is 5.69 Å². The largest absolute Gasteiger partial charge is 0.497 e. The Morgan fingerprint density at radius 2 is 1.89 bits per heavy atom.